The number of hydrogen-bond donors (Lipinski definition) is 2. The maximum atomic E-state index is 5.49. The van der Waals surface area contributed by atoms with Crippen LogP contribution in [0, 0.1) is 0 Å². The summed E-state index contributed by atoms with van der Waals surface area (Å²) >= 11 is 0. The number of aliphatic imine (C=N–C) groups is 1. The maximum Gasteiger partial charge on any atom is 0.191 e. The predicted octanol–water partition coefficient (Wildman–Crippen LogP) is 1.78. The second kappa shape index (κ2) is 10.1. The number of methoxy groups -OCH3 is 1. The first-order chi connectivity index (χ1) is 12.2. The molecular weight excluding hydrogens is 314 g/mol. The number of hydrogen-bond acceptors (Lipinski definition) is 4. The molecule has 0 radical (unpaired) electrons. The molecular formula is C19H33N5O. The lowest BCUT2D eigenvalue weighted by Gasteiger charge is -2.23. The van der Waals surface area contributed by atoms with Gasteiger partial charge in [0, 0.05) is 39.3 Å². The van der Waals surface area contributed by atoms with E-state index in [1.165, 1.54) is 5.69 Å². The smallest absolute Gasteiger partial charge is 0.191 e. The van der Waals surface area contributed by atoms with Gasteiger partial charge in [0.25, 0.3) is 0 Å². The van der Waals surface area contributed by atoms with Gasteiger partial charge in [-0.1, -0.05) is 26.0 Å². The van der Waals surface area contributed by atoms with Crippen molar-refractivity contribution < 1.29 is 4.74 Å². The third-order valence-corrected chi connectivity index (χ3v) is 4.79. The van der Waals surface area contributed by atoms with Crippen molar-refractivity contribution in [3.05, 3.63) is 24.3 Å². The SMILES string of the molecule is CCN(CC)CCNC(=NC)NC1CCN(c2ccccc2OC)C1. The van der Waals surface area contributed by atoms with Crippen LogP contribution in [0.3, 0.4) is 0 Å². The third-order valence-electron chi connectivity index (χ3n) is 4.79. The van der Waals surface area contributed by atoms with Crippen LogP contribution in [0.15, 0.2) is 29.3 Å². The maximum absolute atomic E-state index is 5.49. The van der Waals surface area contributed by atoms with E-state index in [-0.39, 0.29) is 0 Å². The average Bonchev–Trinajstić information content (AvgIpc) is 3.12. The molecule has 1 unspecified atom stereocenters. The summed E-state index contributed by atoms with van der Waals surface area (Å²) in [5.41, 5.74) is 1.17. The highest BCUT2D eigenvalue weighted by atomic mass is 16.5. The fourth-order valence-electron chi connectivity index (χ4n) is 3.25. The highest BCUT2D eigenvalue weighted by Gasteiger charge is 2.25. The fourth-order valence-corrected chi connectivity index (χ4v) is 3.25. The van der Waals surface area contributed by atoms with Crippen LogP contribution in [0.4, 0.5) is 5.69 Å². The number of nitrogens with zero attached hydrogens (tertiary/aromatic N) is 3. The minimum atomic E-state index is 0.393. The third kappa shape index (κ3) is 5.53. The quantitative estimate of drug-likeness (QED) is 0.555. The molecule has 1 aromatic carbocycles. The average molecular weight is 348 g/mol. The Hall–Kier alpha value is -1.95. The van der Waals surface area contributed by atoms with Crippen molar-refractivity contribution in [1.29, 1.82) is 0 Å². The van der Waals surface area contributed by atoms with Crippen LogP contribution in [0.2, 0.25) is 0 Å². The van der Waals surface area contributed by atoms with Gasteiger partial charge in [-0.25, -0.2) is 0 Å². The van der Waals surface area contributed by atoms with Gasteiger partial charge >= 0.3 is 0 Å². The molecule has 0 bridgehead atoms. The van der Waals surface area contributed by atoms with E-state index in [2.05, 4.69) is 51.4 Å². The van der Waals surface area contributed by atoms with E-state index in [0.29, 0.717) is 6.04 Å². The highest BCUT2D eigenvalue weighted by molar-refractivity contribution is 5.80. The van der Waals surface area contributed by atoms with Crippen LogP contribution in [-0.4, -0.2) is 70.3 Å². The van der Waals surface area contributed by atoms with Gasteiger partial charge in [-0.3, -0.25) is 4.99 Å². The first-order valence-corrected chi connectivity index (χ1v) is 9.29. The number of ether oxygens (including phenoxy) is 1. The largest absolute Gasteiger partial charge is 0.495 e. The van der Waals surface area contributed by atoms with Gasteiger partial charge in [0.2, 0.25) is 0 Å². The monoisotopic (exact) mass is 347 g/mol. The van der Waals surface area contributed by atoms with Gasteiger partial charge in [-0.05, 0) is 31.6 Å². The first kappa shape index (κ1) is 19.4. The van der Waals surface area contributed by atoms with Crippen molar-refractivity contribution >= 4 is 11.6 Å². The minimum Gasteiger partial charge on any atom is -0.495 e. The topological polar surface area (TPSA) is 52.1 Å². The van der Waals surface area contributed by atoms with Crippen LogP contribution in [0.25, 0.3) is 0 Å². The zero-order valence-corrected chi connectivity index (χ0v) is 16.1. The number of anilines is 1. The molecule has 6 nitrogen and oxygen atoms in total. The first-order valence-electron chi connectivity index (χ1n) is 9.29. The molecule has 0 amide bonds. The molecule has 140 valence electrons. The minimum absolute atomic E-state index is 0.393. The summed E-state index contributed by atoms with van der Waals surface area (Å²) in [5, 5.41) is 6.98. The molecule has 1 fully saturated rings. The number of rotatable bonds is 8. The van der Waals surface area contributed by atoms with Gasteiger partial charge in [0.05, 0.1) is 12.8 Å². The Morgan fingerprint density at radius 3 is 2.76 bits per heavy atom. The van der Waals surface area contributed by atoms with Crippen molar-refractivity contribution in [3.8, 4) is 5.75 Å². The summed E-state index contributed by atoms with van der Waals surface area (Å²) in [6.07, 6.45) is 1.09. The van der Waals surface area contributed by atoms with E-state index >= 15 is 0 Å². The van der Waals surface area contributed by atoms with Crippen molar-refractivity contribution in [2.75, 3.05) is 58.3 Å². The molecule has 1 saturated heterocycles. The number of benzene rings is 1. The van der Waals surface area contributed by atoms with Crippen LogP contribution < -0.4 is 20.3 Å². The van der Waals surface area contributed by atoms with Crippen molar-refractivity contribution in [2.45, 2.75) is 26.3 Å². The van der Waals surface area contributed by atoms with Crippen LogP contribution in [0.5, 0.6) is 5.75 Å². The molecule has 1 aromatic rings. The van der Waals surface area contributed by atoms with Crippen LogP contribution >= 0.6 is 0 Å². The van der Waals surface area contributed by atoms with E-state index in [4.69, 9.17) is 4.74 Å². The molecule has 6 heteroatoms. The second-order valence-electron chi connectivity index (χ2n) is 6.27. The molecule has 2 rings (SSSR count). The molecule has 25 heavy (non-hydrogen) atoms. The predicted molar refractivity (Wildman–Crippen MR) is 106 cm³/mol. The van der Waals surface area contributed by atoms with Gasteiger partial charge in [-0.15, -0.1) is 0 Å². The Morgan fingerprint density at radius 2 is 2.08 bits per heavy atom. The zero-order valence-electron chi connectivity index (χ0n) is 16.1. The van der Waals surface area contributed by atoms with Crippen LogP contribution in [0.1, 0.15) is 20.3 Å². The summed E-state index contributed by atoms with van der Waals surface area (Å²) in [6, 6.07) is 8.61. The normalized spacial score (nSPS) is 17.9. The van der Waals surface area contributed by atoms with Crippen LogP contribution in [-0.2, 0) is 0 Å². The summed E-state index contributed by atoms with van der Waals surface area (Å²) in [5.74, 6) is 1.82. The van der Waals surface area contributed by atoms with Crippen molar-refractivity contribution in [3.63, 3.8) is 0 Å². The number of likely N-dealkylation sites (N-methyl/N-ethyl adjacent to an activating group) is 1. The Kier molecular flexibility index (Phi) is 7.85. The van der Waals surface area contributed by atoms with Crippen molar-refractivity contribution in [1.82, 2.24) is 15.5 Å². The molecule has 1 aliphatic heterocycles. The Bertz CT molecular complexity index is 544. The molecule has 0 saturated carbocycles. The van der Waals surface area contributed by atoms with Gasteiger partial charge in [-0.2, -0.15) is 0 Å². The number of nitrogens with one attached hydrogen (secondary N) is 2. The Balaban J connectivity index is 1.83. The Labute approximate surface area is 152 Å². The van der Waals surface area contributed by atoms with E-state index in [1.54, 1.807) is 7.11 Å². The lowest BCUT2D eigenvalue weighted by atomic mass is 10.2. The fraction of sp³-hybridized carbons (Fsp3) is 0.632. The van der Waals surface area contributed by atoms with Gasteiger partial charge in [0.15, 0.2) is 5.96 Å². The Morgan fingerprint density at radius 1 is 1.32 bits per heavy atom. The zero-order chi connectivity index (χ0) is 18.1. The summed E-state index contributed by atoms with van der Waals surface area (Å²) < 4.78 is 5.49. The molecule has 0 aliphatic carbocycles. The standard InChI is InChI=1S/C19H33N5O/c1-5-23(6-2)14-12-21-19(20-3)22-16-11-13-24(15-16)17-9-7-8-10-18(17)25-4/h7-10,16H,5-6,11-15H2,1-4H3,(H2,20,21,22). The summed E-state index contributed by atoms with van der Waals surface area (Å²) in [6.45, 7) is 10.5. The number of guanidine groups is 1. The molecule has 1 atom stereocenters. The summed E-state index contributed by atoms with van der Waals surface area (Å²) in [7, 11) is 3.56. The van der Waals surface area contributed by atoms with E-state index in [1.807, 2.05) is 19.2 Å². The second-order valence-corrected chi connectivity index (χ2v) is 6.27. The van der Waals surface area contributed by atoms with Crippen molar-refractivity contribution in [2.24, 2.45) is 4.99 Å². The highest BCUT2D eigenvalue weighted by Crippen LogP contribution is 2.30. The summed E-state index contributed by atoms with van der Waals surface area (Å²) in [4.78, 5) is 9.14. The lowest BCUT2D eigenvalue weighted by Crippen LogP contribution is -2.46. The molecule has 2 N–H and O–H groups in total. The number of para-hydroxylation sites is 2. The lowest BCUT2D eigenvalue weighted by molar-refractivity contribution is 0.308. The van der Waals surface area contributed by atoms with E-state index in [9.17, 15) is 0 Å². The molecule has 1 heterocycles. The molecule has 0 spiro atoms. The molecule has 1 aliphatic rings. The molecule has 0 aromatic heterocycles. The van der Waals surface area contributed by atoms with Gasteiger partial charge in [0.1, 0.15) is 5.75 Å². The van der Waals surface area contributed by atoms with E-state index < -0.39 is 0 Å². The van der Waals surface area contributed by atoms with E-state index in [0.717, 1.165) is 57.4 Å². The van der Waals surface area contributed by atoms with Gasteiger partial charge < -0.3 is 25.2 Å².